The number of nitrogens with zero attached hydrogens (tertiary/aromatic N) is 3. The van der Waals surface area contributed by atoms with Crippen LogP contribution in [0, 0.1) is 0 Å². The number of hydrogen-bond donors (Lipinski definition) is 0. The van der Waals surface area contributed by atoms with E-state index in [0.717, 1.165) is 22.1 Å². The number of aromatic nitrogens is 1. The van der Waals surface area contributed by atoms with E-state index in [2.05, 4.69) is 17.5 Å². The Morgan fingerprint density at radius 3 is 2.48 bits per heavy atom. The number of morpholine rings is 1. The van der Waals surface area contributed by atoms with Gasteiger partial charge in [0, 0.05) is 42.3 Å². The summed E-state index contributed by atoms with van der Waals surface area (Å²) < 4.78 is 5.31. The van der Waals surface area contributed by atoms with E-state index in [-0.39, 0.29) is 5.91 Å². The van der Waals surface area contributed by atoms with E-state index in [9.17, 15) is 4.79 Å². The standard InChI is InChI=1S/C21H21N3O2S/c1-23(19-15-27-20(22-19)16-5-3-2-4-6-16)18-9-7-17(8-10-18)21(25)24-11-13-26-14-12-24/h2-10,15H,11-14H2,1H3. The predicted molar refractivity (Wildman–Crippen MR) is 109 cm³/mol. The van der Waals surface area contributed by atoms with Crippen LogP contribution in [0.5, 0.6) is 0 Å². The number of ether oxygens (including phenoxy) is 1. The van der Waals surface area contributed by atoms with Gasteiger partial charge in [-0.2, -0.15) is 0 Å². The number of rotatable bonds is 4. The molecule has 5 nitrogen and oxygen atoms in total. The molecule has 27 heavy (non-hydrogen) atoms. The van der Waals surface area contributed by atoms with Crippen molar-refractivity contribution in [2.45, 2.75) is 0 Å². The molecule has 1 aliphatic rings. The molecule has 1 amide bonds. The van der Waals surface area contributed by atoms with Crippen molar-refractivity contribution in [1.29, 1.82) is 0 Å². The lowest BCUT2D eigenvalue weighted by atomic mass is 10.1. The third-order valence-corrected chi connectivity index (χ3v) is 5.54. The van der Waals surface area contributed by atoms with Gasteiger partial charge in [-0.05, 0) is 24.3 Å². The number of carbonyl (C=O) groups is 1. The molecule has 0 aliphatic carbocycles. The Labute approximate surface area is 162 Å². The normalized spacial score (nSPS) is 14.2. The molecule has 1 saturated heterocycles. The fourth-order valence-electron chi connectivity index (χ4n) is 3.04. The first-order valence-corrected chi connectivity index (χ1v) is 9.82. The Bertz CT molecular complexity index is 903. The molecule has 0 spiro atoms. The molecule has 1 fully saturated rings. The zero-order chi connectivity index (χ0) is 18.6. The van der Waals surface area contributed by atoms with Crippen molar-refractivity contribution in [2.75, 3.05) is 38.3 Å². The van der Waals surface area contributed by atoms with Crippen LogP contribution < -0.4 is 4.90 Å². The first-order chi connectivity index (χ1) is 13.2. The van der Waals surface area contributed by atoms with Gasteiger partial charge in [0.25, 0.3) is 5.91 Å². The summed E-state index contributed by atoms with van der Waals surface area (Å²) in [6.07, 6.45) is 0. The van der Waals surface area contributed by atoms with Crippen LogP contribution >= 0.6 is 11.3 Å². The summed E-state index contributed by atoms with van der Waals surface area (Å²) in [4.78, 5) is 21.2. The number of benzene rings is 2. The third kappa shape index (κ3) is 3.86. The highest BCUT2D eigenvalue weighted by molar-refractivity contribution is 7.13. The second-order valence-electron chi connectivity index (χ2n) is 6.39. The van der Waals surface area contributed by atoms with Gasteiger partial charge in [0.15, 0.2) is 0 Å². The Kier molecular flexibility index (Phi) is 5.18. The van der Waals surface area contributed by atoms with Crippen molar-refractivity contribution >= 4 is 28.7 Å². The van der Waals surface area contributed by atoms with Gasteiger partial charge in [-0.25, -0.2) is 4.98 Å². The molecule has 4 rings (SSSR count). The van der Waals surface area contributed by atoms with E-state index in [1.165, 1.54) is 0 Å². The molecule has 0 radical (unpaired) electrons. The Balaban J connectivity index is 1.49. The van der Waals surface area contributed by atoms with Gasteiger partial charge < -0.3 is 14.5 Å². The molecule has 138 valence electrons. The number of amides is 1. The summed E-state index contributed by atoms with van der Waals surface area (Å²) in [5.74, 6) is 0.957. The summed E-state index contributed by atoms with van der Waals surface area (Å²) in [7, 11) is 1.99. The average molecular weight is 379 g/mol. The smallest absolute Gasteiger partial charge is 0.254 e. The van der Waals surface area contributed by atoms with Gasteiger partial charge in [-0.1, -0.05) is 30.3 Å². The molecule has 0 atom stereocenters. The number of anilines is 2. The predicted octanol–water partition coefficient (Wildman–Crippen LogP) is 4.05. The third-order valence-electron chi connectivity index (χ3n) is 4.66. The molecule has 6 heteroatoms. The summed E-state index contributed by atoms with van der Waals surface area (Å²) >= 11 is 1.63. The average Bonchev–Trinajstić information content (AvgIpc) is 3.24. The van der Waals surface area contributed by atoms with Crippen LogP contribution in [0.15, 0.2) is 60.0 Å². The Hall–Kier alpha value is -2.70. The van der Waals surface area contributed by atoms with Crippen molar-refractivity contribution in [3.63, 3.8) is 0 Å². The van der Waals surface area contributed by atoms with Gasteiger partial charge in [0.05, 0.1) is 13.2 Å². The minimum atomic E-state index is 0.0625. The fraction of sp³-hybridized carbons (Fsp3) is 0.238. The lowest BCUT2D eigenvalue weighted by molar-refractivity contribution is 0.0303. The van der Waals surface area contributed by atoms with Crippen molar-refractivity contribution in [1.82, 2.24) is 9.88 Å². The number of thiazole rings is 1. The van der Waals surface area contributed by atoms with Crippen LogP contribution in [0.3, 0.4) is 0 Å². The van der Waals surface area contributed by atoms with Gasteiger partial charge in [0.2, 0.25) is 0 Å². The minimum Gasteiger partial charge on any atom is -0.378 e. The van der Waals surface area contributed by atoms with E-state index in [4.69, 9.17) is 9.72 Å². The summed E-state index contributed by atoms with van der Waals surface area (Å²) in [5, 5.41) is 3.05. The first-order valence-electron chi connectivity index (χ1n) is 8.94. The summed E-state index contributed by atoms with van der Waals surface area (Å²) in [6, 6.07) is 17.9. The van der Waals surface area contributed by atoms with Crippen molar-refractivity contribution < 1.29 is 9.53 Å². The lowest BCUT2D eigenvalue weighted by Gasteiger charge is -2.27. The highest BCUT2D eigenvalue weighted by Crippen LogP contribution is 2.30. The van der Waals surface area contributed by atoms with Gasteiger partial charge in [-0.15, -0.1) is 11.3 Å². The zero-order valence-corrected chi connectivity index (χ0v) is 16.0. The molecular formula is C21H21N3O2S. The van der Waals surface area contributed by atoms with Gasteiger partial charge in [-0.3, -0.25) is 4.79 Å². The molecule has 1 aliphatic heterocycles. The van der Waals surface area contributed by atoms with Crippen LogP contribution in [0.4, 0.5) is 11.5 Å². The minimum absolute atomic E-state index is 0.0625. The topological polar surface area (TPSA) is 45.7 Å². The van der Waals surface area contributed by atoms with E-state index < -0.39 is 0 Å². The maximum absolute atomic E-state index is 12.6. The Morgan fingerprint density at radius 1 is 1.07 bits per heavy atom. The van der Waals surface area contributed by atoms with E-state index in [0.29, 0.717) is 31.9 Å². The van der Waals surface area contributed by atoms with Crippen LogP contribution in [-0.2, 0) is 4.74 Å². The molecule has 1 aromatic heterocycles. The summed E-state index contributed by atoms with van der Waals surface area (Å²) in [6.45, 7) is 2.53. The van der Waals surface area contributed by atoms with E-state index in [1.54, 1.807) is 11.3 Å². The second kappa shape index (κ2) is 7.90. The fourth-order valence-corrected chi connectivity index (χ4v) is 3.89. The monoisotopic (exact) mass is 379 g/mol. The number of hydrogen-bond acceptors (Lipinski definition) is 5. The largest absolute Gasteiger partial charge is 0.378 e. The van der Waals surface area contributed by atoms with Crippen LogP contribution in [0.1, 0.15) is 10.4 Å². The molecule has 0 unspecified atom stereocenters. The molecule has 0 saturated carbocycles. The van der Waals surface area contributed by atoms with Crippen molar-refractivity contribution in [3.8, 4) is 10.6 Å². The second-order valence-corrected chi connectivity index (χ2v) is 7.25. The molecule has 3 aromatic rings. The van der Waals surface area contributed by atoms with E-state index in [1.807, 2.05) is 59.3 Å². The van der Waals surface area contributed by atoms with Crippen molar-refractivity contribution in [3.05, 3.63) is 65.5 Å². The van der Waals surface area contributed by atoms with Gasteiger partial charge in [0.1, 0.15) is 10.8 Å². The summed E-state index contributed by atoms with van der Waals surface area (Å²) in [5.41, 5.74) is 2.82. The van der Waals surface area contributed by atoms with Crippen LogP contribution in [-0.4, -0.2) is 49.1 Å². The number of carbonyl (C=O) groups excluding carboxylic acids is 1. The quantitative estimate of drug-likeness (QED) is 0.686. The SMILES string of the molecule is CN(c1ccc(C(=O)N2CCOCC2)cc1)c1csc(-c2ccccc2)n1. The molecule has 2 aromatic carbocycles. The van der Waals surface area contributed by atoms with Gasteiger partial charge >= 0.3 is 0 Å². The lowest BCUT2D eigenvalue weighted by Crippen LogP contribution is -2.40. The molecular weight excluding hydrogens is 358 g/mol. The molecule has 2 heterocycles. The molecule has 0 N–H and O–H groups in total. The zero-order valence-electron chi connectivity index (χ0n) is 15.2. The maximum atomic E-state index is 12.6. The highest BCUT2D eigenvalue weighted by Gasteiger charge is 2.18. The highest BCUT2D eigenvalue weighted by atomic mass is 32.1. The maximum Gasteiger partial charge on any atom is 0.254 e. The van der Waals surface area contributed by atoms with Crippen LogP contribution in [0.2, 0.25) is 0 Å². The van der Waals surface area contributed by atoms with E-state index >= 15 is 0 Å². The first kappa shape index (κ1) is 17.7. The van der Waals surface area contributed by atoms with Crippen molar-refractivity contribution in [2.24, 2.45) is 0 Å². The molecule has 0 bridgehead atoms. The van der Waals surface area contributed by atoms with Crippen LogP contribution in [0.25, 0.3) is 10.6 Å². The Morgan fingerprint density at radius 2 is 1.78 bits per heavy atom.